The van der Waals surface area contributed by atoms with Gasteiger partial charge >= 0.3 is 5.97 Å². The Morgan fingerprint density at radius 3 is 2.79 bits per heavy atom. The summed E-state index contributed by atoms with van der Waals surface area (Å²) >= 11 is 0. The second-order valence-electron chi connectivity index (χ2n) is 3.93. The minimum atomic E-state index is -1.06. The minimum absolute atomic E-state index is 0.173. The van der Waals surface area contributed by atoms with Crippen molar-refractivity contribution in [1.82, 2.24) is 10.2 Å². The van der Waals surface area contributed by atoms with Gasteiger partial charge in [-0.05, 0) is 26.8 Å². The largest absolute Gasteiger partial charge is 0.480 e. The molecule has 0 spiro atoms. The Bertz CT molecular complexity index is 244. The summed E-state index contributed by atoms with van der Waals surface area (Å²) in [4.78, 5) is 23.6. The maximum atomic E-state index is 11.1. The van der Waals surface area contributed by atoms with E-state index in [1.54, 1.807) is 0 Å². The first-order valence-electron chi connectivity index (χ1n) is 4.67. The van der Waals surface area contributed by atoms with Gasteiger partial charge in [0.25, 0.3) is 0 Å². The van der Waals surface area contributed by atoms with Gasteiger partial charge in [-0.1, -0.05) is 0 Å². The molecule has 1 aliphatic rings. The van der Waals surface area contributed by atoms with Gasteiger partial charge < -0.3 is 15.3 Å². The highest BCUT2D eigenvalue weighted by atomic mass is 16.4. The number of hydrogen-bond donors (Lipinski definition) is 2. The Morgan fingerprint density at radius 1 is 1.71 bits per heavy atom. The zero-order valence-corrected chi connectivity index (χ0v) is 8.49. The number of amides is 1. The molecule has 0 radical (unpaired) electrons. The summed E-state index contributed by atoms with van der Waals surface area (Å²) in [5.74, 6) is -0.940. The van der Waals surface area contributed by atoms with Gasteiger partial charge in [0.15, 0.2) is 0 Å². The summed E-state index contributed by atoms with van der Waals surface area (Å²) < 4.78 is 0. The van der Waals surface area contributed by atoms with Crippen LogP contribution in [0.5, 0.6) is 0 Å². The highest BCUT2D eigenvalue weighted by Crippen LogP contribution is 2.25. The van der Waals surface area contributed by atoms with Gasteiger partial charge in [0, 0.05) is 12.6 Å². The number of carbonyl (C=O) groups excluding carboxylic acids is 1. The minimum Gasteiger partial charge on any atom is -0.480 e. The molecule has 0 aromatic carbocycles. The van der Waals surface area contributed by atoms with Crippen molar-refractivity contribution < 1.29 is 14.7 Å². The molecule has 14 heavy (non-hydrogen) atoms. The fraction of sp³-hybridized carbons (Fsp3) is 0.778. The fourth-order valence-electron chi connectivity index (χ4n) is 1.85. The highest BCUT2D eigenvalue weighted by molar-refractivity contribution is 5.81. The van der Waals surface area contributed by atoms with Crippen molar-refractivity contribution >= 4 is 12.4 Å². The van der Waals surface area contributed by atoms with E-state index < -0.39 is 11.5 Å². The van der Waals surface area contributed by atoms with Crippen LogP contribution in [0.3, 0.4) is 0 Å². The van der Waals surface area contributed by atoms with Crippen LogP contribution in [-0.4, -0.2) is 47.6 Å². The molecule has 5 heteroatoms. The number of nitrogens with zero attached hydrogens (tertiary/aromatic N) is 1. The summed E-state index contributed by atoms with van der Waals surface area (Å²) in [6.07, 6.45) is 1.39. The van der Waals surface area contributed by atoms with Gasteiger partial charge in [-0.25, -0.2) is 4.79 Å². The lowest BCUT2D eigenvalue weighted by Gasteiger charge is -2.41. The molecule has 0 aromatic rings. The van der Waals surface area contributed by atoms with Crippen molar-refractivity contribution in [3.8, 4) is 0 Å². The molecule has 1 heterocycles. The van der Waals surface area contributed by atoms with E-state index in [4.69, 9.17) is 5.11 Å². The molecule has 1 fully saturated rings. The Kier molecular flexibility index (Phi) is 3.10. The van der Waals surface area contributed by atoms with Gasteiger partial charge in [-0.2, -0.15) is 0 Å². The molecule has 2 N–H and O–H groups in total. The van der Waals surface area contributed by atoms with Crippen molar-refractivity contribution in [1.29, 1.82) is 0 Å². The zero-order chi connectivity index (χ0) is 10.8. The topological polar surface area (TPSA) is 69.6 Å². The molecule has 0 aliphatic carbocycles. The van der Waals surface area contributed by atoms with Gasteiger partial charge in [-0.3, -0.25) is 4.79 Å². The summed E-state index contributed by atoms with van der Waals surface area (Å²) in [5.41, 5.74) is -1.06. The lowest BCUT2D eigenvalue weighted by molar-refractivity contribution is -0.149. The van der Waals surface area contributed by atoms with Crippen LogP contribution in [0.25, 0.3) is 0 Å². The summed E-state index contributed by atoms with van der Waals surface area (Å²) in [5, 5.41) is 11.5. The first kappa shape index (κ1) is 11.0. The van der Waals surface area contributed by atoms with Crippen LogP contribution >= 0.6 is 0 Å². The third-order valence-corrected chi connectivity index (χ3v) is 3.03. The number of likely N-dealkylation sites (tertiary alicyclic amines) is 1. The van der Waals surface area contributed by atoms with Crippen LogP contribution in [0.4, 0.5) is 0 Å². The Labute approximate surface area is 83.1 Å². The Balaban J connectivity index is 2.79. The van der Waals surface area contributed by atoms with Crippen molar-refractivity contribution in [2.45, 2.75) is 31.3 Å². The van der Waals surface area contributed by atoms with E-state index >= 15 is 0 Å². The van der Waals surface area contributed by atoms with E-state index in [0.717, 1.165) is 0 Å². The third kappa shape index (κ3) is 1.87. The molecule has 1 saturated heterocycles. The molecular weight excluding hydrogens is 184 g/mol. The van der Waals surface area contributed by atoms with Crippen LogP contribution in [-0.2, 0) is 9.59 Å². The second kappa shape index (κ2) is 3.96. The standard InChI is InChI=1S/C9H16N2O3/c1-7-5-9(8(13)14,10-6-12)3-4-11(7)2/h6-7H,3-5H2,1-2H3,(H,10,12)(H,13,14). The van der Waals surface area contributed by atoms with Gasteiger partial charge in [0.05, 0.1) is 0 Å². The van der Waals surface area contributed by atoms with E-state index in [9.17, 15) is 9.59 Å². The molecule has 80 valence electrons. The van der Waals surface area contributed by atoms with Gasteiger partial charge in [-0.15, -0.1) is 0 Å². The van der Waals surface area contributed by atoms with Gasteiger partial charge in [0.1, 0.15) is 5.54 Å². The van der Waals surface area contributed by atoms with E-state index in [1.165, 1.54) is 0 Å². The second-order valence-corrected chi connectivity index (χ2v) is 3.93. The average molecular weight is 200 g/mol. The number of rotatable bonds is 3. The molecule has 1 rings (SSSR count). The Hall–Kier alpha value is -1.10. The quantitative estimate of drug-likeness (QED) is 0.612. The number of piperidine rings is 1. The predicted octanol–water partition coefficient (Wildman–Crippen LogP) is -0.330. The molecule has 2 unspecified atom stereocenters. The lowest BCUT2D eigenvalue weighted by Crippen LogP contribution is -2.59. The zero-order valence-electron chi connectivity index (χ0n) is 8.49. The van der Waals surface area contributed by atoms with Crippen molar-refractivity contribution in [2.24, 2.45) is 0 Å². The molecule has 1 aliphatic heterocycles. The van der Waals surface area contributed by atoms with Gasteiger partial charge in [0.2, 0.25) is 6.41 Å². The summed E-state index contributed by atoms with van der Waals surface area (Å²) in [6.45, 7) is 2.65. The predicted molar refractivity (Wildman–Crippen MR) is 50.9 cm³/mol. The van der Waals surface area contributed by atoms with Crippen LogP contribution in [0.15, 0.2) is 0 Å². The maximum absolute atomic E-state index is 11.1. The SMILES string of the molecule is CC1CC(NC=O)(C(=O)O)CCN1C. The van der Waals surface area contributed by atoms with E-state index in [2.05, 4.69) is 10.2 Å². The molecular formula is C9H16N2O3. The number of hydrogen-bond acceptors (Lipinski definition) is 3. The first-order valence-corrected chi connectivity index (χ1v) is 4.67. The lowest BCUT2D eigenvalue weighted by atomic mass is 9.84. The molecule has 0 saturated carbocycles. The van der Waals surface area contributed by atoms with Crippen LogP contribution in [0.1, 0.15) is 19.8 Å². The van der Waals surface area contributed by atoms with Crippen LogP contribution in [0, 0.1) is 0 Å². The average Bonchev–Trinajstić information content (AvgIpc) is 2.12. The number of carbonyl (C=O) groups is 2. The molecule has 0 aromatic heterocycles. The first-order chi connectivity index (χ1) is 6.52. The van der Waals surface area contributed by atoms with Crippen LogP contribution < -0.4 is 5.32 Å². The fourth-order valence-corrected chi connectivity index (χ4v) is 1.85. The molecule has 0 bridgehead atoms. The normalized spacial score (nSPS) is 33.7. The number of carboxylic acids is 1. The van der Waals surface area contributed by atoms with Crippen molar-refractivity contribution in [3.63, 3.8) is 0 Å². The Morgan fingerprint density at radius 2 is 2.36 bits per heavy atom. The number of aliphatic carboxylic acids is 1. The molecule has 5 nitrogen and oxygen atoms in total. The third-order valence-electron chi connectivity index (χ3n) is 3.03. The number of carboxylic acid groups (broad SMARTS) is 1. The summed E-state index contributed by atoms with van der Waals surface area (Å²) in [7, 11) is 1.96. The molecule has 1 amide bonds. The van der Waals surface area contributed by atoms with E-state index in [-0.39, 0.29) is 6.04 Å². The van der Waals surface area contributed by atoms with E-state index in [0.29, 0.717) is 25.8 Å². The monoisotopic (exact) mass is 200 g/mol. The smallest absolute Gasteiger partial charge is 0.329 e. The van der Waals surface area contributed by atoms with Crippen molar-refractivity contribution in [3.05, 3.63) is 0 Å². The van der Waals surface area contributed by atoms with Crippen LogP contribution in [0.2, 0.25) is 0 Å². The highest BCUT2D eigenvalue weighted by Gasteiger charge is 2.43. The maximum Gasteiger partial charge on any atom is 0.329 e. The van der Waals surface area contributed by atoms with Crippen molar-refractivity contribution in [2.75, 3.05) is 13.6 Å². The number of nitrogens with one attached hydrogen (secondary N) is 1. The van der Waals surface area contributed by atoms with E-state index in [1.807, 2.05) is 14.0 Å². The summed E-state index contributed by atoms with van der Waals surface area (Å²) in [6, 6.07) is 0.173. The molecule has 2 atom stereocenters.